The largest absolute Gasteiger partial charge is 0.490 e. The van der Waals surface area contributed by atoms with Gasteiger partial charge in [0.2, 0.25) is 5.91 Å². The van der Waals surface area contributed by atoms with E-state index in [1.165, 1.54) is 23.9 Å². The normalized spacial score (nSPS) is 23.3. The molecule has 10 heteroatoms. The third-order valence-corrected chi connectivity index (χ3v) is 8.22. The van der Waals surface area contributed by atoms with Crippen LogP contribution in [0.5, 0.6) is 5.75 Å². The number of nitrogens with one attached hydrogen (secondary N) is 2. The van der Waals surface area contributed by atoms with Gasteiger partial charge in [0.05, 0.1) is 23.0 Å². The van der Waals surface area contributed by atoms with Crippen LogP contribution in [0, 0.1) is 11.7 Å². The maximum Gasteiger partial charge on any atom is 0.306 e. The molecule has 2 aliphatic rings. The predicted molar refractivity (Wildman–Crippen MR) is 130 cm³/mol. The highest BCUT2D eigenvalue weighted by Gasteiger charge is 2.36. The zero-order chi connectivity index (χ0) is 24.9. The Balaban J connectivity index is 1.21. The van der Waals surface area contributed by atoms with E-state index in [4.69, 9.17) is 21.4 Å². The first kappa shape index (κ1) is 25.3. The summed E-state index contributed by atoms with van der Waals surface area (Å²) in [5.74, 6) is -2.37. The molecule has 2 amide bonds. The van der Waals surface area contributed by atoms with Crippen molar-refractivity contribution >= 4 is 41.1 Å². The molecule has 2 aromatic rings. The quantitative estimate of drug-likeness (QED) is 0.357. The number of thioether (sulfide) groups is 1. The first-order chi connectivity index (χ1) is 16.8. The lowest BCUT2D eigenvalue weighted by Crippen LogP contribution is -2.39. The Morgan fingerprint density at radius 3 is 2.46 bits per heavy atom. The van der Waals surface area contributed by atoms with E-state index in [0.29, 0.717) is 31.4 Å². The molecule has 35 heavy (non-hydrogen) atoms. The maximum atomic E-state index is 14.5. The summed E-state index contributed by atoms with van der Waals surface area (Å²) in [5, 5.41) is 13.6. The van der Waals surface area contributed by atoms with Crippen LogP contribution < -0.4 is 15.4 Å². The predicted octanol–water partition coefficient (Wildman–Crippen LogP) is 4.15. The molecule has 2 unspecified atom stereocenters. The molecule has 0 saturated heterocycles. The molecule has 1 fully saturated rings. The number of hydrogen-bond donors (Lipinski definition) is 3. The van der Waals surface area contributed by atoms with Gasteiger partial charge in [-0.2, -0.15) is 0 Å². The number of benzene rings is 2. The van der Waals surface area contributed by atoms with Gasteiger partial charge in [-0.1, -0.05) is 18.2 Å². The van der Waals surface area contributed by atoms with Crippen LogP contribution >= 0.6 is 23.4 Å². The third-order valence-electron chi connectivity index (χ3n) is 6.22. The van der Waals surface area contributed by atoms with Crippen molar-refractivity contribution in [2.45, 2.75) is 47.3 Å². The van der Waals surface area contributed by atoms with Crippen molar-refractivity contribution in [2.75, 3.05) is 13.1 Å². The number of aliphatic carboxylic acids is 1. The summed E-state index contributed by atoms with van der Waals surface area (Å²) in [4.78, 5) is 36.9. The lowest BCUT2D eigenvalue weighted by Gasteiger charge is -2.26. The van der Waals surface area contributed by atoms with Crippen LogP contribution in [0.2, 0.25) is 0 Å². The Labute approximate surface area is 211 Å². The molecule has 2 aromatic carbocycles. The summed E-state index contributed by atoms with van der Waals surface area (Å²) < 4.78 is 20.3. The average Bonchev–Trinajstić information content (AvgIpc) is 3.18. The van der Waals surface area contributed by atoms with Gasteiger partial charge in [0.25, 0.3) is 5.91 Å². The third kappa shape index (κ3) is 6.08. The molecule has 0 spiro atoms. The van der Waals surface area contributed by atoms with E-state index < -0.39 is 28.3 Å². The second kappa shape index (κ2) is 11.3. The molecule has 1 aliphatic carbocycles. The first-order valence-electron chi connectivity index (χ1n) is 11.5. The van der Waals surface area contributed by atoms with E-state index in [-0.39, 0.29) is 36.6 Å². The van der Waals surface area contributed by atoms with Crippen molar-refractivity contribution < 1.29 is 28.6 Å². The number of ether oxygens (including phenoxy) is 1. The molecule has 3 N–H and O–H groups in total. The Kier molecular flexibility index (Phi) is 8.18. The van der Waals surface area contributed by atoms with Gasteiger partial charge >= 0.3 is 5.97 Å². The average molecular weight is 521 g/mol. The maximum absolute atomic E-state index is 14.5. The van der Waals surface area contributed by atoms with Crippen LogP contribution in [0.1, 0.15) is 47.0 Å². The zero-order valence-corrected chi connectivity index (χ0v) is 20.4. The number of hydrogen-bond acceptors (Lipinski definition) is 5. The monoisotopic (exact) mass is 520 g/mol. The van der Waals surface area contributed by atoms with E-state index in [1.54, 1.807) is 0 Å². The zero-order valence-electron chi connectivity index (χ0n) is 18.8. The van der Waals surface area contributed by atoms with Crippen molar-refractivity contribution in [3.63, 3.8) is 0 Å². The van der Waals surface area contributed by atoms with E-state index in [0.717, 1.165) is 16.5 Å². The number of carboxylic acids is 1. The fourth-order valence-corrected chi connectivity index (χ4v) is 6.03. The Bertz CT molecular complexity index is 1110. The van der Waals surface area contributed by atoms with Crippen LogP contribution in [0.4, 0.5) is 4.39 Å². The van der Waals surface area contributed by atoms with Gasteiger partial charge in [0.1, 0.15) is 16.8 Å². The van der Waals surface area contributed by atoms with Gasteiger partial charge in [-0.15, -0.1) is 23.4 Å². The number of alkyl halides is 1. The molecular formula is C25H26ClFN2O5S. The highest BCUT2D eigenvalue weighted by atomic mass is 35.5. The van der Waals surface area contributed by atoms with Gasteiger partial charge in [0.15, 0.2) is 0 Å². The minimum Gasteiger partial charge on any atom is -0.490 e. The molecule has 2 atom stereocenters. The van der Waals surface area contributed by atoms with Gasteiger partial charge in [0, 0.05) is 24.1 Å². The standard InChI is InChI=1S/C25H26ClFN2O5S/c26-21-18-3-1-2-4-20(18)35-22(21)24(31)29-12-11-28-23(30)17-10-9-16(13-19(17)27)34-15-7-5-14(6-8-15)25(32)33/h1-4,9-10,13-15,21-22H,5-8,11-12H2,(H,28,30)(H,29,31)(H,32,33)/t14-,15+,21?,22?. The molecule has 0 bridgehead atoms. The van der Waals surface area contributed by atoms with Crippen LogP contribution in [-0.2, 0) is 9.59 Å². The molecule has 186 valence electrons. The number of amides is 2. The molecule has 0 radical (unpaired) electrons. The van der Waals surface area contributed by atoms with Gasteiger partial charge in [-0.3, -0.25) is 14.4 Å². The summed E-state index contributed by atoms with van der Waals surface area (Å²) in [6.07, 6.45) is 2.05. The Morgan fingerprint density at radius 2 is 1.77 bits per heavy atom. The van der Waals surface area contributed by atoms with Crippen LogP contribution in [0.15, 0.2) is 47.4 Å². The van der Waals surface area contributed by atoms with Crippen molar-refractivity contribution in [3.05, 3.63) is 59.4 Å². The minimum atomic E-state index is -0.796. The lowest BCUT2D eigenvalue weighted by molar-refractivity contribution is -0.143. The second-order valence-corrected chi connectivity index (χ2v) is 10.2. The molecule has 7 nitrogen and oxygen atoms in total. The van der Waals surface area contributed by atoms with Crippen LogP contribution in [-0.4, -0.2) is 47.3 Å². The smallest absolute Gasteiger partial charge is 0.306 e. The molecule has 1 aliphatic heterocycles. The number of carbonyl (C=O) groups excluding carboxylic acids is 2. The molecule has 4 rings (SSSR count). The molecule has 1 saturated carbocycles. The number of fused-ring (bicyclic) bond motifs is 1. The van der Waals surface area contributed by atoms with E-state index in [1.807, 2.05) is 24.3 Å². The lowest BCUT2D eigenvalue weighted by atomic mass is 9.87. The van der Waals surface area contributed by atoms with Gasteiger partial charge in [-0.05, 0) is 49.4 Å². The molecule has 1 heterocycles. The summed E-state index contributed by atoms with van der Waals surface area (Å²) in [5.41, 5.74) is 0.810. The first-order valence-corrected chi connectivity index (χ1v) is 12.8. The summed E-state index contributed by atoms with van der Waals surface area (Å²) in [6.45, 7) is 0.315. The molecular weight excluding hydrogens is 495 g/mol. The van der Waals surface area contributed by atoms with Crippen molar-refractivity contribution in [3.8, 4) is 5.75 Å². The summed E-state index contributed by atoms with van der Waals surface area (Å²) in [6, 6.07) is 11.7. The van der Waals surface area contributed by atoms with Crippen molar-refractivity contribution in [1.29, 1.82) is 0 Å². The Morgan fingerprint density at radius 1 is 1.06 bits per heavy atom. The molecule has 0 aromatic heterocycles. The number of rotatable bonds is 8. The van der Waals surface area contributed by atoms with E-state index in [9.17, 15) is 18.8 Å². The highest BCUT2D eigenvalue weighted by molar-refractivity contribution is 8.01. The van der Waals surface area contributed by atoms with Gasteiger partial charge < -0.3 is 20.5 Å². The fraction of sp³-hybridized carbons (Fsp3) is 0.400. The van der Waals surface area contributed by atoms with Crippen molar-refractivity contribution in [2.24, 2.45) is 5.92 Å². The summed E-state index contributed by atoms with van der Waals surface area (Å²) >= 11 is 7.84. The summed E-state index contributed by atoms with van der Waals surface area (Å²) in [7, 11) is 0. The number of halogens is 2. The van der Waals surface area contributed by atoms with E-state index in [2.05, 4.69) is 10.6 Å². The highest BCUT2D eigenvalue weighted by Crippen LogP contribution is 2.47. The van der Waals surface area contributed by atoms with Crippen molar-refractivity contribution in [1.82, 2.24) is 10.6 Å². The second-order valence-electron chi connectivity index (χ2n) is 8.60. The minimum absolute atomic E-state index is 0.124. The number of carbonyl (C=O) groups is 3. The number of carboxylic acid groups (broad SMARTS) is 1. The van der Waals surface area contributed by atoms with Gasteiger partial charge in [-0.25, -0.2) is 4.39 Å². The van der Waals surface area contributed by atoms with Crippen LogP contribution in [0.3, 0.4) is 0 Å². The topological polar surface area (TPSA) is 105 Å². The van der Waals surface area contributed by atoms with E-state index >= 15 is 0 Å². The Hall–Kier alpha value is -2.78. The SMILES string of the molecule is O=C(NCCNC(=O)C1Sc2ccccc2C1Cl)c1ccc(O[C@H]2CC[C@@H](C(=O)O)CC2)cc1F. The van der Waals surface area contributed by atoms with Crippen LogP contribution in [0.25, 0.3) is 0 Å². The fourth-order valence-electron chi connectivity index (χ4n) is 4.29.